The molecule has 154 valence electrons. The largest absolute Gasteiger partial charge is 0.490 e. The van der Waals surface area contributed by atoms with Crippen molar-refractivity contribution in [2.75, 3.05) is 32.8 Å². The van der Waals surface area contributed by atoms with Gasteiger partial charge in [0.05, 0.1) is 31.5 Å². The van der Waals surface area contributed by atoms with E-state index in [2.05, 4.69) is 5.32 Å². The van der Waals surface area contributed by atoms with Gasteiger partial charge in [0.25, 0.3) is 5.91 Å². The lowest BCUT2D eigenvalue weighted by Crippen LogP contribution is -2.50. The van der Waals surface area contributed by atoms with Crippen molar-refractivity contribution >= 4 is 17.6 Å². The molecule has 1 N–H and O–H groups in total. The number of morpholine rings is 1. The van der Waals surface area contributed by atoms with Crippen LogP contribution in [-0.2, 0) is 9.53 Å². The maximum Gasteiger partial charge on any atom is 0.287 e. The minimum absolute atomic E-state index is 0.0917. The van der Waals surface area contributed by atoms with Crippen molar-refractivity contribution in [2.45, 2.75) is 13.0 Å². The fourth-order valence-corrected chi connectivity index (χ4v) is 2.90. The molecule has 0 radical (unpaired) electrons. The van der Waals surface area contributed by atoms with Crippen molar-refractivity contribution in [1.29, 1.82) is 0 Å². The fourth-order valence-electron chi connectivity index (χ4n) is 2.90. The zero-order valence-electron chi connectivity index (χ0n) is 15.9. The molecule has 0 aliphatic carbocycles. The zero-order chi connectivity index (χ0) is 20.8. The number of ether oxygens (including phenoxy) is 2. The molecular weight excluding hydrogens is 383 g/mol. The normalized spacial score (nSPS) is 16.3. The lowest BCUT2D eigenvalue weighted by Gasteiger charge is -2.33. The van der Waals surface area contributed by atoms with E-state index in [1.807, 2.05) is 0 Å². The fraction of sp³-hybridized carbons (Fsp3) is 0.350. The summed E-state index contributed by atoms with van der Waals surface area (Å²) in [5, 5.41) is 2.51. The van der Waals surface area contributed by atoms with Crippen LogP contribution < -0.4 is 10.1 Å². The minimum Gasteiger partial charge on any atom is -0.490 e. The SMILES string of the molecule is CC(=O)c1cc(F)ccc1OCC1CN(C(=O)CNC(=O)c2ccco2)CCO1. The van der Waals surface area contributed by atoms with E-state index >= 15 is 0 Å². The first-order valence-electron chi connectivity index (χ1n) is 9.08. The highest BCUT2D eigenvalue weighted by atomic mass is 19.1. The number of Topliss-reactive ketones (excluding diaryl/α,β-unsaturated/α-hetero) is 1. The van der Waals surface area contributed by atoms with Crippen molar-refractivity contribution < 1.29 is 32.7 Å². The van der Waals surface area contributed by atoms with Gasteiger partial charge < -0.3 is 24.1 Å². The number of benzene rings is 1. The molecule has 1 atom stereocenters. The Kier molecular flexibility index (Phi) is 6.61. The summed E-state index contributed by atoms with van der Waals surface area (Å²) in [6.45, 7) is 2.23. The Balaban J connectivity index is 1.51. The highest BCUT2D eigenvalue weighted by Crippen LogP contribution is 2.21. The number of nitrogens with one attached hydrogen (secondary N) is 1. The van der Waals surface area contributed by atoms with Gasteiger partial charge in [0.15, 0.2) is 11.5 Å². The third-order valence-corrected chi connectivity index (χ3v) is 4.38. The Hall–Kier alpha value is -3.20. The Morgan fingerprint density at radius 3 is 2.86 bits per heavy atom. The topological polar surface area (TPSA) is 98.1 Å². The molecule has 1 aromatic carbocycles. The summed E-state index contributed by atoms with van der Waals surface area (Å²) >= 11 is 0. The van der Waals surface area contributed by atoms with E-state index in [1.165, 1.54) is 31.4 Å². The highest BCUT2D eigenvalue weighted by molar-refractivity contribution is 5.96. The second-order valence-corrected chi connectivity index (χ2v) is 6.50. The summed E-state index contributed by atoms with van der Waals surface area (Å²) in [5.74, 6) is -1.17. The van der Waals surface area contributed by atoms with Crippen molar-refractivity contribution in [3.8, 4) is 5.75 Å². The summed E-state index contributed by atoms with van der Waals surface area (Å²) in [4.78, 5) is 37.4. The minimum atomic E-state index is -0.523. The van der Waals surface area contributed by atoms with E-state index in [9.17, 15) is 18.8 Å². The summed E-state index contributed by atoms with van der Waals surface area (Å²) in [5.41, 5.74) is 0.148. The number of rotatable bonds is 7. The van der Waals surface area contributed by atoms with Gasteiger partial charge >= 0.3 is 0 Å². The second-order valence-electron chi connectivity index (χ2n) is 6.50. The summed E-state index contributed by atoms with van der Waals surface area (Å²) in [7, 11) is 0. The van der Waals surface area contributed by atoms with Crippen LogP contribution in [0, 0.1) is 5.82 Å². The Morgan fingerprint density at radius 2 is 2.14 bits per heavy atom. The summed E-state index contributed by atoms with van der Waals surface area (Å²) in [6.07, 6.45) is 0.959. The molecule has 1 aliphatic heterocycles. The molecule has 3 rings (SSSR count). The Bertz CT molecular complexity index is 883. The second kappa shape index (κ2) is 9.33. The van der Waals surface area contributed by atoms with Gasteiger partial charge in [-0.1, -0.05) is 0 Å². The molecule has 2 heterocycles. The molecule has 1 aliphatic rings. The van der Waals surface area contributed by atoms with Gasteiger partial charge in [0.1, 0.15) is 24.3 Å². The number of ketones is 1. The summed E-state index contributed by atoms with van der Waals surface area (Å²) in [6, 6.07) is 6.81. The van der Waals surface area contributed by atoms with E-state index in [0.717, 1.165) is 6.07 Å². The molecule has 9 heteroatoms. The smallest absolute Gasteiger partial charge is 0.287 e. The van der Waals surface area contributed by atoms with Gasteiger partial charge in [-0.3, -0.25) is 14.4 Å². The van der Waals surface area contributed by atoms with Crippen LogP contribution in [0.5, 0.6) is 5.75 Å². The number of hydrogen-bond acceptors (Lipinski definition) is 6. The van der Waals surface area contributed by atoms with Crippen LogP contribution in [0.3, 0.4) is 0 Å². The first kappa shape index (κ1) is 20.5. The third kappa shape index (κ3) is 5.41. The number of amides is 2. The van der Waals surface area contributed by atoms with Crippen molar-refractivity contribution in [2.24, 2.45) is 0 Å². The molecule has 1 unspecified atom stereocenters. The van der Waals surface area contributed by atoms with Crippen molar-refractivity contribution in [1.82, 2.24) is 10.2 Å². The maximum absolute atomic E-state index is 13.3. The predicted molar refractivity (Wildman–Crippen MR) is 99.3 cm³/mol. The number of furan rings is 1. The average molecular weight is 404 g/mol. The maximum atomic E-state index is 13.3. The van der Waals surface area contributed by atoms with E-state index in [-0.39, 0.29) is 48.5 Å². The van der Waals surface area contributed by atoms with Crippen LogP contribution in [0.25, 0.3) is 0 Å². The molecule has 0 saturated carbocycles. The molecule has 1 saturated heterocycles. The Labute approximate surface area is 166 Å². The van der Waals surface area contributed by atoms with Crippen molar-refractivity contribution in [3.63, 3.8) is 0 Å². The van der Waals surface area contributed by atoms with Crippen molar-refractivity contribution in [3.05, 3.63) is 53.7 Å². The molecule has 8 nitrogen and oxygen atoms in total. The lowest BCUT2D eigenvalue weighted by atomic mass is 10.1. The van der Waals surface area contributed by atoms with Crippen LogP contribution in [-0.4, -0.2) is 61.4 Å². The van der Waals surface area contributed by atoms with E-state index < -0.39 is 17.8 Å². The van der Waals surface area contributed by atoms with Gasteiger partial charge in [-0.05, 0) is 37.3 Å². The molecule has 2 aromatic rings. The predicted octanol–water partition coefficient (Wildman–Crippen LogP) is 1.66. The molecule has 0 spiro atoms. The molecule has 1 aromatic heterocycles. The average Bonchev–Trinajstić information content (AvgIpc) is 3.26. The first-order valence-corrected chi connectivity index (χ1v) is 9.08. The van der Waals surface area contributed by atoms with Gasteiger partial charge in [-0.2, -0.15) is 0 Å². The van der Waals surface area contributed by atoms with Crippen LogP contribution in [0.15, 0.2) is 41.0 Å². The lowest BCUT2D eigenvalue weighted by molar-refractivity contribution is -0.138. The van der Waals surface area contributed by atoms with Crippen LogP contribution in [0.4, 0.5) is 4.39 Å². The van der Waals surface area contributed by atoms with E-state index in [1.54, 1.807) is 11.0 Å². The number of carbonyl (C=O) groups is 3. The van der Waals surface area contributed by atoms with Crippen LogP contribution in [0.2, 0.25) is 0 Å². The molecule has 1 fully saturated rings. The standard InChI is InChI=1S/C20H21FN2O6/c1-13(24)16-9-14(21)4-5-17(16)29-12-15-11-23(6-8-27-15)19(25)10-22-20(26)18-3-2-7-28-18/h2-5,7,9,15H,6,8,10-12H2,1H3,(H,22,26). The number of nitrogens with zero attached hydrogens (tertiary/aromatic N) is 1. The highest BCUT2D eigenvalue weighted by Gasteiger charge is 2.25. The molecule has 0 bridgehead atoms. The third-order valence-electron chi connectivity index (χ3n) is 4.38. The van der Waals surface area contributed by atoms with Crippen LogP contribution >= 0.6 is 0 Å². The number of carbonyl (C=O) groups excluding carboxylic acids is 3. The monoisotopic (exact) mass is 404 g/mol. The van der Waals surface area contributed by atoms with E-state index in [4.69, 9.17) is 13.9 Å². The van der Waals surface area contributed by atoms with Gasteiger partial charge in [-0.25, -0.2) is 4.39 Å². The summed E-state index contributed by atoms with van der Waals surface area (Å²) < 4.78 is 29.6. The Morgan fingerprint density at radius 1 is 1.31 bits per heavy atom. The first-order chi connectivity index (χ1) is 13.9. The quantitative estimate of drug-likeness (QED) is 0.705. The van der Waals surface area contributed by atoms with Crippen LogP contribution in [0.1, 0.15) is 27.8 Å². The van der Waals surface area contributed by atoms with Gasteiger partial charge in [-0.15, -0.1) is 0 Å². The molecular formula is C20H21FN2O6. The van der Waals surface area contributed by atoms with Gasteiger partial charge in [0.2, 0.25) is 5.91 Å². The molecule has 2 amide bonds. The number of hydrogen-bond donors (Lipinski definition) is 1. The van der Waals surface area contributed by atoms with E-state index in [0.29, 0.717) is 13.2 Å². The zero-order valence-corrected chi connectivity index (χ0v) is 15.9. The molecule has 29 heavy (non-hydrogen) atoms. The van der Waals surface area contributed by atoms with Gasteiger partial charge in [0, 0.05) is 6.54 Å². The number of halogens is 1.